The first-order valence-corrected chi connectivity index (χ1v) is 6.33. The van der Waals surface area contributed by atoms with Crippen LogP contribution in [0.5, 0.6) is 0 Å². The quantitative estimate of drug-likeness (QED) is 0.765. The molecule has 0 atom stereocenters. The van der Waals surface area contributed by atoms with Gasteiger partial charge in [0.2, 0.25) is 0 Å². The van der Waals surface area contributed by atoms with E-state index in [4.69, 9.17) is 4.74 Å². The summed E-state index contributed by atoms with van der Waals surface area (Å²) in [6.07, 6.45) is 2.18. The van der Waals surface area contributed by atoms with Crippen molar-refractivity contribution in [3.8, 4) is 0 Å². The predicted octanol–water partition coefficient (Wildman–Crippen LogP) is 3.15. The van der Waals surface area contributed by atoms with Crippen molar-refractivity contribution in [2.24, 2.45) is 0 Å². The molecule has 17 heavy (non-hydrogen) atoms. The lowest BCUT2D eigenvalue weighted by atomic mass is 10.0. The molecule has 0 saturated carbocycles. The number of ether oxygens (including phenoxy) is 1. The second kappa shape index (κ2) is 6.77. The highest BCUT2D eigenvalue weighted by atomic mass is 16.5. The van der Waals surface area contributed by atoms with Gasteiger partial charge in [-0.05, 0) is 44.7 Å². The molecule has 1 rings (SSSR count). The molecule has 0 radical (unpaired) electrons. The molecule has 0 spiro atoms. The summed E-state index contributed by atoms with van der Waals surface area (Å²) < 4.78 is 5.07. The zero-order valence-electron chi connectivity index (χ0n) is 11.5. The van der Waals surface area contributed by atoms with Crippen LogP contribution in [0.15, 0.2) is 24.3 Å². The molecular formula is C15H25NO. The Hall–Kier alpha value is -0.860. The summed E-state index contributed by atoms with van der Waals surface area (Å²) in [4.78, 5) is 0. The van der Waals surface area contributed by atoms with Crippen molar-refractivity contribution in [3.63, 3.8) is 0 Å². The Morgan fingerprint density at radius 3 is 2.53 bits per heavy atom. The minimum absolute atomic E-state index is 0.173. The number of hydrogen-bond donors (Lipinski definition) is 1. The molecule has 0 bridgehead atoms. The maximum absolute atomic E-state index is 5.07. The van der Waals surface area contributed by atoms with E-state index in [1.807, 2.05) is 0 Å². The molecule has 0 saturated heterocycles. The number of benzene rings is 1. The van der Waals surface area contributed by atoms with E-state index in [9.17, 15) is 0 Å². The first-order chi connectivity index (χ1) is 8.01. The van der Waals surface area contributed by atoms with Crippen LogP contribution in [-0.2, 0) is 17.7 Å². The number of aryl methyl sites for hydroxylation is 1. The average molecular weight is 235 g/mol. The van der Waals surface area contributed by atoms with Gasteiger partial charge in [-0.25, -0.2) is 0 Å². The molecule has 0 aliphatic rings. The second-order valence-electron chi connectivity index (χ2n) is 5.52. The molecule has 1 aromatic rings. The Morgan fingerprint density at radius 1 is 1.18 bits per heavy atom. The van der Waals surface area contributed by atoms with Gasteiger partial charge in [-0.2, -0.15) is 0 Å². The molecule has 0 amide bonds. The summed E-state index contributed by atoms with van der Waals surface area (Å²) in [6.45, 7) is 8.34. The number of nitrogens with one attached hydrogen (secondary N) is 1. The first kappa shape index (κ1) is 14.2. The molecule has 96 valence electrons. The van der Waals surface area contributed by atoms with Gasteiger partial charge in [0.1, 0.15) is 0 Å². The van der Waals surface area contributed by atoms with Gasteiger partial charge in [0.05, 0.1) is 0 Å². The lowest BCUT2D eigenvalue weighted by molar-refractivity contribution is 0.195. The van der Waals surface area contributed by atoms with E-state index < -0.39 is 0 Å². The van der Waals surface area contributed by atoms with Gasteiger partial charge in [-0.15, -0.1) is 0 Å². The van der Waals surface area contributed by atoms with E-state index in [1.165, 1.54) is 11.1 Å². The number of hydrogen-bond acceptors (Lipinski definition) is 2. The largest absolute Gasteiger partial charge is 0.385 e. The van der Waals surface area contributed by atoms with E-state index in [2.05, 4.69) is 50.4 Å². The fourth-order valence-corrected chi connectivity index (χ4v) is 1.68. The van der Waals surface area contributed by atoms with Crippen LogP contribution in [0.1, 0.15) is 38.3 Å². The lowest BCUT2D eigenvalue weighted by Crippen LogP contribution is -2.35. The van der Waals surface area contributed by atoms with E-state index in [0.717, 1.165) is 26.0 Å². The first-order valence-electron chi connectivity index (χ1n) is 6.33. The van der Waals surface area contributed by atoms with Crippen LogP contribution >= 0.6 is 0 Å². The van der Waals surface area contributed by atoms with Crippen molar-refractivity contribution in [2.75, 3.05) is 13.7 Å². The molecule has 2 nitrogen and oxygen atoms in total. The Bertz CT molecular complexity index is 328. The van der Waals surface area contributed by atoms with Crippen LogP contribution in [0.2, 0.25) is 0 Å². The minimum atomic E-state index is 0.173. The van der Waals surface area contributed by atoms with E-state index >= 15 is 0 Å². The molecule has 0 unspecified atom stereocenters. The van der Waals surface area contributed by atoms with Gasteiger partial charge in [0.25, 0.3) is 0 Å². The molecule has 0 aliphatic heterocycles. The summed E-state index contributed by atoms with van der Waals surface area (Å²) >= 11 is 0. The molecule has 0 aromatic heterocycles. The van der Waals surface area contributed by atoms with Gasteiger partial charge in [0.15, 0.2) is 0 Å². The fourth-order valence-electron chi connectivity index (χ4n) is 1.68. The molecule has 1 aromatic carbocycles. The van der Waals surface area contributed by atoms with Gasteiger partial charge >= 0.3 is 0 Å². The fraction of sp³-hybridized carbons (Fsp3) is 0.600. The lowest BCUT2D eigenvalue weighted by Gasteiger charge is -2.20. The second-order valence-corrected chi connectivity index (χ2v) is 5.52. The molecule has 0 fully saturated rings. The summed E-state index contributed by atoms with van der Waals surface area (Å²) in [5.41, 5.74) is 2.93. The topological polar surface area (TPSA) is 21.3 Å². The van der Waals surface area contributed by atoms with Gasteiger partial charge in [-0.1, -0.05) is 24.3 Å². The van der Waals surface area contributed by atoms with Crippen LogP contribution in [0.3, 0.4) is 0 Å². The van der Waals surface area contributed by atoms with Crippen molar-refractivity contribution in [1.82, 2.24) is 5.32 Å². The van der Waals surface area contributed by atoms with Crippen molar-refractivity contribution in [1.29, 1.82) is 0 Å². The molecule has 0 heterocycles. The third kappa shape index (κ3) is 6.44. The van der Waals surface area contributed by atoms with Crippen LogP contribution in [-0.4, -0.2) is 19.3 Å². The van der Waals surface area contributed by atoms with Gasteiger partial charge in [0, 0.05) is 25.8 Å². The van der Waals surface area contributed by atoms with Crippen molar-refractivity contribution < 1.29 is 4.74 Å². The molecule has 0 aliphatic carbocycles. The summed E-state index contributed by atoms with van der Waals surface area (Å²) in [6, 6.07) is 8.80. The normalized spacial score (nSPS) is 11.8. The van der Waals surface area contributed by atoms with Crippen molar-refractivity contribution >= 4 is 0 Å². The van der Waals surface area contributed by atoms with Crippen molar-refractivity contribution in [2.45, 2.75) is 45.7 Å². The van der Waals surface area contributed by atoms with E-state index in [0.29, 0.717) is 0 Å². The Balaban J connectivity index is 2.48. The SMILES string of the molecule is COCCCc1cccc(CNC(C)(C)C)c1. The number of methoxy groups -OCH3 is 1. The zero-order chi connectivity index (χ0) is 12.7. The predicted molar refractivity (Wildman–Crippen MR) is 73.2 cm³/mol. The maximum Gasteiger partial charge on any atom is 0.0465 e. The van der Waals surface area contributed by atoms with E-state index in [-0.39, 0.29) is 5.54 Å². The summed E-state index contributed by atoms with van der Waals surface area (Å²) in [5, 5.41) is 3.51. The Labute approximate surface area is 105 Å². The van der Waals surface area contributed by atoms with E-state index in [1.54, 1.807) is 7.11 Å². The van der Waals surface area contributed by atoms with Crippen LogP contribution in [0.4, 0.5) is 0 Å². The minimum Gasteiger partial charge on any atom is -0.385 e. The molecule has 1 N–H and O–H groups in total. The van der Waals surface area contributed by atoms with Crippen LogP contribution in [0.25, 0.3) is 0 Å². The standard InChI is InChI=1S/C15H25NO/c1-15(2,3)16-12-14-8-5-7-13(11-14)9-6-10-17-4/h5,7-8,11,16H,6,9-10,12H2,1-4H3. The van der Waals surface area contributed by atoms with Crippen molar-refractivity contribution in [3.05, 3.63) is 35.4 Å². The molecule has 2 heteroatoms. The number of rotatable bonds is 6. The highest BCUT2D eigenvalue weighted by Gasteiger charge is 2.08. The Kier molecular flexibility index (Phi) is 5.66. The van der Waals surface area contributed by atoms with Gasteiger partial charge in [-0.3, -0.25) is 0 Å². The third-order valence-corrected chi connectivity index (χ3v) is 2.63. The smallest absolute Gasteiger partial charge is 0.0465 e. The highest BCUT2D eigenvalue weighted by molar-refractivity contribution is 5.23. The Morgan fingerprint density at radius 2 is 1.88 bits per heavy atom. The highest BCUT2D eigenvalue weighted by Crippen LogP contribution is 2.09. The summed E-state index contributed by atoms with van der Waals surface area (Å²) in [5.74, 6) is 0. The van der Waals surface area contributed by atoms with Crippen LogP contribution < -0.4 is 5.32 Å². The molecular weight excluding hydrogens is 210 g/mol. The summed E-state index contributed by atoms with van der Waals surface area (Å²) in [7, 11) is 1.75. The van der Waals surface area contributed by atoms with Gasteiger partial charge < -0.3 is 10.1 Å². The monoisotopic (exact) mass is 235 g/mol. The zero-order valence-corrected chi connectivity index (χ0v) is 11.5. The average Bonchev–Trinajstić information content (AvgIpc) is 2.27. The van der Waals surface area contributed by atoms with Crippen LogP contribution in [0, 0.1) is 0 Å². The maximum atomic E-state index is 5.07. The third-order valence-electron chi connectivity index (χ3n) is 2.63.